The molecule has 3 rings (SSSR count). The maximum atomic E-state index is 5.46. The molecule has 1 N–H and O–H groups in total. The fourth-order valence-electron chi connectivity index (χ4n) is 3.06. The molecule has 1 aliphatic heterocycles. The number of benzene rings is 1. The highest BCUT2D eigenvalue weighted by molar-refractivity contribution is 5.77. The van der Waals surface area contributed by atoms with Crippen LogP contribution in [0, 0.1) is 6.92 Å². The summed E-state index contributed by atoms with van der Waals surface area (Å²) in [4.78, 5) is 4.89. The minimum absolute atomic E-state index is 0.302. The summed E-state index contributed by atoms with van der Waals surface area (Å²) in [7, 11) is 1.78. The van der Waals surface area contributed by atoms with E-state index in [-0.39, 0.29) is 0 Å². The van der Waals surface area contributed by atoms with Crippen LogP contribution < -0.4 is 5.32 Å². The molecule has 1 aliphatic rings. The molecule has 0 saturated carbocycles. The van der Waals surface area contributed by atoms with Crippen LogP contribution in [0.4, 0.5) is 0 Å². The van der Waals surface area contributed by atoms with Gasteiger partial charge in [0.15, 0.2) is 0 Å². The van der Waals surface area contributed by atoms with E-state index >= 15 is 0 Å². The third kappa shape index (κ3) is 2.34. The van der Waals surface area contributed by atoms with Crippen LogP contribution in [0.15, 0.2) is 18.2 Å². The molecule has 1 fully saturated rings. The molecular formula is C16H23N3O. The van der Waals surface area contributed by atoms with Crippen molar-refractivity contribution in [3.8, 4) is 0 Å². The molecule has 2 atom stereocenters. The standard InChI is InChI=1S/C16H23N3O/c1-4-7-19-15-6-5-11(2)8-13(15)18-16(19)14-9-12(20-3)10-17-14/h5-6,8,12,14,17H,4,7,9-10H2,1-3H3. The lowest BCUT2D eigenvalue weighted by Crippen LogP contribution is -2.19. The normalized spacial score (nSPS) is 22.8. The fraction of sp³-hybridized carbons (Fsp3) is 0.562. The van der Waals surface area contributed by atoms with Crippen molar-refractivity contribution >= 4 is 11.0 Å². The second-order valence-corrected chi connectivity index (χ2v) is 5.67. The Kier molecular flexibility index (Phi) is 3.76. The van der Waals surface area contributed by atoms with Crippen LogP contribution in [0.5, 0.6) is 0 Å². The van der Waals surface area contributed by atoms with Gasteiger partial charge in [-0.1, -0.05) is 13.0 Å². The van der Waals surface area contributed by atoms with Gasteiger partial charge in [-0.25, -0.2) is 4.98 Å². The molecule has 4 nitrogen and oxygen atoms in total. The Balaban J connectivity index is 2.02. The van der Waals surface area contributed by atoms with Gasteiger partial charge in [0.25, 0.3) is 0 Å². The monoisotopic (exact) mass is 273 g/mol. The highest BCUT2D eigenvalue weighted by atomic mass is 16.5. The van der Waals surface area contributed by atoms with E-state index in [1.165, 1.54) is 11.1 Å². The third-order valence-electron chi connectivity index (χ3n) is 4.12. The van der Waals surface area contributed by atoms with Gasteiger partial charge >= 0.3 is 0 Å². The fourth-order valence-corrected chi connectivity index (χ4v) is 3.06. The van der Waals surface area contributed by atoms with Crippen LogP contribution in [-0.2, 0) is 11.3 Å². The Labute approximate surface area is 120 Å². The lowest BCUT2D eigenvalue weighted by Gasteiger charge is -2.13. The molecule has 0 amide bonds. The minimum Gasteiger partial charge on any atom is -0.380 e. The van der Waals surface area contributed by atoms with Crippen molar-refractivity contribution < 1.29 is 4.74 Å². The first-order valence-electron chi connectivity index (χ1n) is 7.46. The van der Waals surface area contributed by atoms with Gasteiger partial charge in [0, 0.05) is 20.2 Å². The highest BCUT2D eigenvalue weighted by Gasteiger charge is 2.29. The van der Waals surface area contributed by atoms with E-state index in [0.717, 1.165) is 37.3 Å². The van der Waals surface area contributed by atoms with Crippen molar-refractivity contribution in [3.63, 3.8) is 0 Å². The van der Waals surface area contributed by atoms with Gasteiger partial charge in [0.2, 0.25) is 0 Å². The molecule has 0 aliphatic carbocycles. The molecule has 0 spiro atoms. The second kappa shape index (κ2) is 5.54. The lowest BCUT2D eigenvalue weighted by atomic mass is 10.2. The number of imidazole rings is 1. The number of methoxy groups -OCH3 is 1. The van der Waals surface area contributed by atoms with Crippen LogP contribution in [0.3, 0.4) is 0 Å². The number of fused-ring (bicyclic) bond motifs is 1. The SMILES string of the molecule is CCCn1c(C2CC(OC)CN2)nc2cc(C)ccc21. The van der Waals surface area contributed by atoms with Crippen molar-refractivity contribution in [2.75, 3.05) is 13.7 Å². The first-order chi connectivity index (χ1) is 9.72. The van der Waals surface area contributed by atoms with Gasteiger partial charge in [-0.05, 0) is 37.5 Å². The number of hydrogen-bond donors (Lipinski definition) is 1. The van der Waals surface area contributed by atoms with Crippen LogP contribution in [0.25, 0.3) is 11.0 Å². The number of aryl methyl sites for hydroxylation is 2. The van der Waals surface area contributed by atoms with Crippen LogP contribution in [0.1, 0.15) is 37.2 Å². The Morgan fingerprint density at radius 2 is 2.30 bits per heavy atom. The molecule has 2 unspecified atom stereocenters. The van der Waals surface area contributed by atoms with Crippen molar-refractivity contribution in [2.24, 2.45) is 0 Å². The summed E-state index contributed by atoms with van der Waals surface area (Å²) < 4.78 is 7.82. The van der Waals surface area contributed by atoms with Crippen LogP contribution >= 0.6 is 0 Å². The minimum atomic E-state index is 0.302. The Hall–Kier alpha value is -1.39. The van der Waals surface area contributed by atoms with E-state index in [9.17, 15) is 0 Å². The van der Waals surface area contributed by atoms with Crippen molar-refractivity contribution in [2.45, 2.75) is 45.4 Å². The zero-order chi connectivity index (χ0) is 14.1. The average Bonchev–Trinajstić information content (AvgIpc) is 3.03. The van der Waals surface area contributed by atoms with E-state index in [2.05, 4.69) is 41.9 Å². The van der Waals surface area contributed by atoms with Crippen molar-refractivity contribution in [3.05, 3.63) is 29.6 Å². The maximum absolute atomic E-state index is 5.46. The molecule has 1 aromatic carbocycles. The topological polar surface area (TPSA) is 39.1 Å². The smallest absolute Gasteiger partial charge is 0.127 e. The zero-order valence-electron chi connectivity index (χ0n) is 12.5. The largest absolute Gasteiger partial charge is 0.380 e. The Morgan fingerprint density at radius 1 is 1.45 bits per heavy atom. The van der Waals surface area contributed by atoms with Gasteiger partial charge in [-0.15, -0.1) is 0 Å². The molecule has 20 heavy (non-hydrogen) atoms. The summed E-state index contributed by atoms with van der Waals surface area (Å²) in [5, 5.41) is 3.54. The van der Waals surface area contributed by atoms with Gasteiger partial charge in [0.1, 0.15) is 5.82 Å². The number of rotatable bonds is 4. The molecule has 2 heterocycles. The molecule has 1 aromatic heterocycles. The summed E-state index contributed by atoms with van der Waals surface area (Å²) >= 11 is 0. The third-order valence-corrected chi connectivity index (χ3v) is 4.12. The molecule has 1 saturated heterocycles. The molecule has 2 aromatic rings. The van der Waals surface area contributed by atoms with Gasteiger partial charge in [0.05, 0.1) is 23.2 Å². The molecule has 0 bridgehead atoms. The first kappa shape index (κ1) is 13.6. The Bertz CT molecular complexity index is 605. The van der Waals surface area contributed by atoms with Gasteiger partial charge in [-0.3, -0.25) is 0 Å². The van der Waals surface area contributed by atoms with E-state index in [1.54, 1.807) is 7.11 Å². The number of nitrogens with zero attached hydrogens (tertiary/aromatic N) is 2. The Morgan fingerprint density at radius 3 is 3.00 bits per heavy atom. The zero-order valence-corrected chi connectivity index (χ0v) is 12.5. The van der Waals surface area contributed by atoms with E-state index in [0.29, 0.717) is 12.1 Å². The van der Waals surface area contributed by atoms with E-state index in [1.807, 2.05) is 0 Å². The maximum Gasteiger partial charge on any atom is 0.127 e. The second-order valence-electron chi connectivity index (χ2n) is 5.67. The van der Waals surface area contributed by atoms with Crippen LogP contribution in [0.2, 0.25) is 0 Å². The predicted octanol–water partition coefficient (Wildman–Crippen LogP) is 2.80. The molecule has 108 valence electrons. The van der Waals surface area contributed by atoms with Gasteiger partial charge in [-0.2, -0.15) is 0 Å². The van der Waals surface area contributed by atoms with Crippen LogP contribution in [-0.4, -0.2) is 29.3 Å². The number of hydrogen-bond acceptors (Lipinski definition) is 3. The number of ether oxygens (including phenoxy) is 1. The summed E-state index contributed by atoms with van der Waals surface area (Å²) in [6.07, 6.45) is 2.42. The number of aromatic nitrogens is 2. The quantitative estimate of drug-likeness (QED) is 0.931. The highest BCUT2D eigenvalue weighted by Crippen LogP contribution is 2.28. The number of nitrogens with one attached hydrogen (secondary N) is 1. The summed E-state index contributed by atoms with van der Waals surface area (Å²) in [5.74, 6) is 1.16. The molecule has 4 heteroatoms. The predicted molar refractivity (Wildman–Crippen MR) is 80.9 cm³/mol. The summed E-state index contributed by atoms with van der Waals surface area (Å²) in [5.41, 5.74) is 3.62. The van der Waals surface area contributed by atoms with Crippen molar-refractivity contribution in [1.29, 1.82) is 0 Å². The van der Waals surface area contributed by atoms with E-state index < -0.39 is 0 Å². The first-order valence-corrected chi connectivity index (χ1v) is 7.46. The van der Waals surface area contributed by atoms with Gasteiger partial charge < -0.3 is 14.6 Å². The summed E-state index contributed by atoms with van der Waals surface area (Å²) in [6, 6.07) is 6.84. The van der Waals surface area contributed by atoms with E-state index in [4.69, 9.17) is 9.72 Å². The molecular weight excluding hydrogens is 250 g/mol. The summed E-state index contributed by atoms with van der Waals surface area (Å²) in [6.45, 7) is 6.26. The van der Waals surface area contributed by atoms with Crippen molar-refractivity contribution in [1.82, 2.24) is 14.9 Å². The lowest BCUT2D eigenvalue weighted by molar-refractivity contribution is 0.117. The average molecular weight is 273 g/mol. The molecule has 0 radical (unpaired) electrons.